The van der Waals surface area contributed by atoms with Gasteiger partial charge in [0.2, 0.25) is 0 Å². The van der Waals surface area contributed by atoms with Gasteiger partial charge in [0.05, 0.1) is 10.5 Å². The second-order valence-corrected chi connectivity index (χ2v) is 5.31. The van der Waals surface area contributed by atoms with Crippen LogP contribution in [0.2, 0.25) is 5.02 Å². The lowest BCUT2D eigenvalue weighted by Gasteiger charge is -2.09. The first-order valence-corrected chi connectivity index (χ1v) is 5.77. The van der Waals surface area contributed by atoms with Crippen LogP contribution in [0.5, 0.6) is 0 Å². The Morgan fingerprint density at radius 2 is 1.76 bits per heavy atom. The van der Waals surface area contributed by atoms with Crippen LogP contribution < -0.4 is 0 Å². The zero-order valence-electron chi connectivity index (χ0n) is 7.82. The van der Waals surface area contributed by atoms with Gasteiger partial charge in [-0.1, -0.05) is 11.6 Å². The Kier molecular flexibility index (Phi) is 3.40. The lowest BCUT2D eigenvalue weighted by atomic mass is 10.2. The fraction of sp³-hybridized carbons (Fsp3) is 0.125. The summed E-state index contributed by atoms with van der Waals surface area (Å²) in [5.41, 5.74) is -6.15. The molecule has 0 spiro atoms. The number of hydrogen-bond donors (Lipinski definition) is 1. The molecule has 0 unspecified atom stereocenters. The summed E-state index contributed by atoms with van der Waals surface area (Å²) >= 11 is 5.36. The largest absolute Gasteiger partial charge is 0.501 e. The fourth-order valence-corrected chi connectivity index (χ4v) is 2.11. The van der Waals surface area contributed by atoms with Crippen molar-refractivity contribution in [3.8, 4) is 0 Å². The van der Waals surface area contributed by atoms with E-state index in [-0.39, 0.29) is 0 Å². The summed E-state index contributed by atoms with van der Waals surface area (Å²) in [4.78, 5) is 9.35. The van der Waals surface area contributed by atoms with Crippen LogP contribution >= 0.6 is 11.6 Å². The number of alkyl halides is 3. The monoisotopic (exact) mass is 288 g/mol. The Morgan fingerprint density at radius 3 is 2.18 bits per heavy atom. The number of hydrogen-bond acceptors (Lipinski definition) is 3. The van der Waals surface area contributed by atoms with Crippen LogP contribution in [-0.4, -0.2) is 25.0 Å². The standard InChI is InChI=1S/C8H4ClF3O4S/c9-5-1-4(7(13)14)2-6(3-5)17(15,16)8(10,11)12/h1-3H,(H,13,14). The van der Waals surface area contributed by atoms with Gasteiger partial charge in [-0.25, -0.2) is 13.2 Å². The number of aromatic carboxylic acids is 1. The van der Waals surface area contributed by atoms with Gasteiger partial charge in [-0.05, 0) is 18.2 Å². The molecule has 1 N–H and O–H groups in total. The number of halogens is 4. The van der Waals surface area contributed by atoms with Gasteiger partial charge >= 0.3 is 11.5 Å². The highest BCUT2D eigenvalue weighted by Gasteiger charge is 2.47. The highest BCUT2D eigenvalue weighted by molar-refractivity contribution is 7.92. The molecule has 0 saturated heterocycles. The van der Waals surface area contributed by atoms with E-state index in [2.05, 4.69) is 0 Å². The van der Waals surface area contributed by atoms with Crippen LogP contribution in [-0.2, 0) is 9.84 Å². The second-order valence-electron chi connectivity index (χ2n) is 2.93. The van der Waals surface area contributed by atoms with Crippen LogP contribution in [0.3, 0.4) is 0 Å². The Bertz CT molecular complexity index is 565. The summed E-state index contributed by atoms with van der Waals surface area (Å²) in [6, 6.07) is 1.78. The maximum absolute atomic E-state index is 12.2. The first kappa shape index (κ1) is 13.8. The molecule has 9 heteroatoms. The van der Waals surface area contributed by atoms with Crippen LogP contribution in [0.4, 0.5) is 13.2 Å². The number of rotatable bonds is 2. The molecule has 1 aromatic carbocycles. The normalized spacial score (nSPS) is 12.5. The minimum Gasteiger partial charge on any atom is -0.478 e. The molecule has 1 rings (SSSR count). The van der Waals surface area contributed by atoms with E-state index in [0.29, 0.717) is 12.1 Å². The minimum atomic E-state index is -5.60. The molecule has 0 atom stereocenters. The van der Waals surface area contributed by atoms with Crippen molar-refractivity contribution in [2.75, 3.05) is 0 Å². The van der Waals surface area contributed by atoms with Crippen molar-refractivity contribution in [1.29, 1.82) is 0 Å². The lowest BCUT2D eigenvalue weighted by molar-refractivity contribution is -0.0436. The highest BCUT2D eigenvalue weighted by Crippen LogP contribution is 2.32. The highest BCUT2D eigenvalue weighted by atomic mass is 35.5. The molecular weight excluding hydrogens is 285 g/mol. The average Bonchev–Trinajstić information content (AvgIpc) is 2.14. The van der Waals surface area contributed by atoms with Gasteiger partial charge in [0.15, 0.2) is 0 Å². The van der Waals surface area contributed by atoms with Crippen molar-refractivity contribution in [3.05, 3.63) is 28.8 Å². The van der Waals surface area contributed by atoms with Gasteiger partial charge in [-0.3, -0.25) is 0 Å². The molecule has 0 saturated carbocycles. The van der Waals surface area contributed by atoms with E-state index >= 15 is 0 Å². The summed E-state index contributed by atoms with van der Waals surface area (Å²) in [5.74, 6) is -1.58. The van der Waals surface area contributed by atoms with E-state index in [0.717, 1.165) is 6.07 Å². The van der Waals surface area contributed by atoms with Gasteiger partial charge in [-0.2, -0.15) is 13.2 Å². The van der Waals surface area contributed by atoms with E-state index < -0.39 is 36.8 Å². The Labute approximate surface area is 98.5 Å². The first-order chi connectivity index (χ1) is 7.55. The molecule has 0 aliphatic rings. The summed E-state index contributed by atoms with van der Waals surface area (Å²) in [6.07, 6.45) is 0. The summed E-state index contributed by atoms with van der Waals surface area (Å²) in [5, 5.41) is 8.16. The molecule has 0 radical (unpaired) electrons. The third-order valence-electron chi connectivity index (χ3n) is 1.73. The number of benzene rings is 1. The third-order valence-corrected chi connectivity index (χ3v) is 3.42. The maximum Gasteiger partial charge on any atom is 0.501 e. The van der Waals surface area contributed by atoms with Gasteiger partial charge in [0, 0.05) is 5.02 Å². The van der Waals surface area contributed by atoms with E-state index in [1.54, 1.807) is 0 Å². The predicted molar refractivity (Wildman–Crippen MR) is 51.7 cm³/mol. The van der Waals surface area contributed by atoms with E-state index in [1.807, 2.05) is 0 Å². The molecule has 17 heavy (non-hydrogen) atoms. The van der Waals surface area contributed by atoms with Crippen molar-refractivity contribution < 1.29 is 31.5 Å². The predicted octanol–water partition coefficient (Wildman–Crippen LogP) is 2.33. The van der Waals surface area contributed by atoms with Crippen molar-refractivity contribution in [1.82, 2.24) is 0 Å². The van der Waals surface area contributed by atoms with Crippen molar-refractivity contribution in [2.45, 2.75) is 10.4 Å². The molecule has 94 valence electrons. The van der Waals surface area contributed by atoms with Gasteiger partial charge in [0.25, 0.3) is 9.84 Å². The molecule has 0 aromatic heterocycles. The van der Waals surface area contributed by atoms with Crippen LogP contribution in [0.15, 0.2) is 23.1 Å². The Hall–Kier alpha value is -1.28. The first-order valence-electron chi connectivity index (χ1n) is 3.91. The van der Waals surface area contributed by atoms with Gasteiger partial charge in [0.1, 0.15) is 0 Å². The average molecular weight is 289 g/mol. The smallest absolute Gasteiger partial charge is 0.478 e. The number of carbonyl (C=O) groups is 1. The summed E-state index contributed by atoms with van der Waals surface area (Å²) < 4.78 is 58.6. The minimum absolute atomic E-state index is 0.400. The Balaban J connectivity index is 3.49. The summed E-state index contributed by atoms with van der Waals surface area (Å²) in [7, 11) is -5.60. The molecule has 0 amide bonds. The SMILES string of the molecule is O=C(O)c1cc(Cl)cc(S(=O)(=O)C(F)(F)F)c1. The van der Waals surface area contributed by atoms with E-state index in [9.17, 15) is 26.4 Å². The third kappa shape index (κ3) is 2.70. The molecule has 4 nitrogen and oxygen atoms in total. The fourth-order valence-electron chi connectivity index (χ4n) is 0.975. The number of carboxylic acid groups (broad SMARTS) is 1. The molecular formula is C8H4ClF3O4S. The molecule has 0 heterocycles. The quantitative estimate of drug-likeness (QED) is 0.906. The number of carboxylic acids is 1. The molecule has 0 fully saturated rings. The zero-order valence-corrected chi connectivity index (χ0v) is 9.40. The van der Waals surface area contributed by atoms with Crippen LogP contribution in [0, 0.1) is 0 Å². The van der Waals surface area contributed by atoms with Crippen LogP contribution in [0.25, 0.3) is 0 Å². The molecule has 1 aromatic rings. The topological polar surface area (TPSA) is 71.4 Å². The van der Waals surface area contributed by atoms with Gasteiger partial charge < -0.3 is 5.11 Å². The van der Waals surface area contributed by atoms with Crippen LogP contribution in [0.1, 0.15) is 10.4 Å². The van der Waals surface area contributed by atoms with Gasteiger partial charge in [-0.15, -0.1) is 0 Å². The lowest BCUT2D eigenvalue weighted by Crippen LogP contribution is -2.23. The zero-order chi connectivity index (χ0) is 13.4. The second kappa shape index (κ2) is 4.19. The van der Waals surface area contributed by atoms with Crippen molar-refractivity contribution >= 4 is 27.4 Å². The molecule has 0 bridgehead atoms. The van der Waals surface area contributed by atoms with Crippen molar-refractivity contribution in [3.63, 3.8) is 0 Å². The Morgan fingerprint density at radius 1 is 1.24 bits per heavy atom. The molecule has 0 aliphatic heterocycles. The van der Waals surface area contributed by atoms with E-state index in [1.165, 1.54) is 0 Å². The summed E-state index contributed by atoms with van der Waals surface area (Å²) in [6.45, 7) is 0. The molecule has 0 aliphatic carbocycles. The maximum atomic E-state index is 12.2. The number of sulfone groups is 1. The van der Waals surface area contributed by atoms with E-state index in [4.69, 9.17) is 16.7 Å². The van der Waals surface area contributed by atoms with Crippen molar-refractivity contribution in [2.24, 2.45) is 0 Å².